The van der Waals surface area contributed by atoms with Gasteiger partial charge in [-0.15, -0.1) is 0 Å². The van der Waals surface area contributed by atoms with Crippen LogP contribution in [0.3, 0.4) is 0 Å². The van der Waals surface area contributed by atoms with Crippen LogP contribution in [-0.4, -0.2) is 38.8 Å². The van der Waals surface area contributed by atoms with Crippen LogP contribution < -0.4 is 11.1 Å². The molecule has 0 unspecified atom stereocenters. The lowest BCUT2D eigenvalue weighted by molar-refractivity contribution is -0.120. The van der Waals surface area contributed by atoms with E-state index in [0.717, 1.165) is 4.31 Å². The number of sulfonamides is 1. The SMILES string of the molecule is CCN(CC(=O)NC)S(=O)(=O)c1cc(N)ccc1C. The zero-order chi connectivity index (χ0) is 14.6. The minimum atomic E-state index is -3.72. The van der Waals surface area contributed by atoms with E-state index in [9.17, 15) is 13.2 Å². The number of nitrogens with one attached hydrogen (secondary N) is 1. The Balaban J connectivity index is 3.20. The number of nitrogens with zero attached hydrogens (tertiary/aromatic N) is 1. The summed E-state index contributed by atoms with van der Waals surface area (Å²) in [4.78, 5) is 11.5. The lowest BCUT2D eigenvalue weighted by atomic mass is 10.2. The average molecular weight is 285 g/mol. The van der Waals surface area contributed by atoms with E-state index < -0.39 is 10.0 Å². The monoisotopic (exact) mass is 285 g/mol. The number of anilines is 1. The molecule has 0 atom stereocenters. The second kappa shape index (κ2) is 6.03. The number of aryl methyl sites for hydroxylation is 1. The molecule has 0 aromatic heterocycles. The topological polar surface area (TPSA) is 92.5 Å². The molecule has 0 radical (unpaired) electrons. The van der Waals surface area contributed by atoms with Gasteiger partial charge in [-0.1, -0.05) is 13.0 Å². The first-order valence-corrected chi connectivity index (χ1v) is 7.33. The molecule has 19 heavy (non-hydrogen) atoms. The molecule has 0 saturated heterocycles. The Labute approximate surface area is 113 Å². The Morgan fingerprint density at radius 1 is 1.42 bits per heavy atom. The Kier molecular flexibility index (Phi) is 4.90. The second-order valence-corrected chi connectivity index (χ2v) is 6.04. The predicted molar refractivity (Wildman–Crippen MR) is 74.1 cm³/mol. The molecule has 0 aliphatic rings. The van der Waals surface area contributed by atoms with Gasteiger partial charge in [0.2, 0.25) is 15.9 Å². The van der Waals surface area contributed by atoms with E-state index in [0.29, 0.717) is 11.3 Å². The number of hydrogen-bond donors (Lipinski definition) is 2. The summed E-state index contributed by atoms with van der Waals surface area (Å²) in [5, 5.41) is 2.41. The Hall–Kier alpha value is -1.60. The third kappa shape index (κ3) is 3.45. The molecule has 3 N–H and O–H groups in total. The summed E-state index contributed by atoms with van der Waals surface area (Å²) >= 11 is 0. The molecule has 0 bridgehead atoms. The maximum atomic E-state index is 12.5. The molecular weight excluding hydrogens is 266 g/mol. The highest BCUT2D eigenvalue weighted by Gasteiger charge is 2.26. The van der Waals surface area contributed by atoms with E-state index in [-0.39, 0.29) is 23.9 Å². The van der Waals surface area contributed by atoms with Gasteiger partial charge in [-0.2, -0.15) is 4.31 Å². The van der Waals surface area contributed by atoms with E-state index in [2.05, 4.69) is 5.32 Å². The summed E-state index contributed by atoms with van der Waals surface area (Å²) in [6.07, 6.45) is 0. The maximum absolute atomic E-state index is 12.5. The van der Waals surface area contributed by atoms with Crippen LogP contribution in [0.4, 0.5) is 5.69 Å². The van der Waals surface area contributed by atoms with E-state index in [1.54, 1.807) is 26.0 Å². The molecule has 7 heteroatoms. The minimum absolute atomic E-state index is 0.137. The highest BCUT2D eigenvalue weighted by atomic mass is 32.2. The van der Waals surface area contributed by atoms with E-state index >= 15 is 0 Å². The summed E-state index contributed by atoms with van der Waals surface area (Å²) in [7, 11) is -2.25. The highest BCUT2D eigenvalue weighted by molar-refractivity contribution is 7.89. The van der Waals surface area contributed by atoms with Gasteiger partial charge in [-0.05, 0) is 24.6 Å². The normalized spacial score (nSPS) is 11.6. The van der Waals surface area contributed by atoms with E-state index in [1.807, 2.05) is 0 Å². The number of carbonyl (C=O) groups excluding carboxylic acids is 1. The third-order valence-electron chi connectivity index (χ3n) is 2.78. The van der Waals surface area contributed by atoms with Crippen molar-refractivity contribution in [2.75, 3.05) is 25.9 Å². The fraction of sp³-hybridized carbons (Fsp3) is 0.417. The summed E-state index contributed by atoms with van der Waals surface area (Å²) in [6, 6.07) is 4.70. The number of amides is 1. The van der Waals surface area contributed by atoms with Gasteiger partial charge in [0, 0.05) is 19.3 Å². The van der Waals surface area contributed by atoms with Gasteiger partial charge in [-0.25, -0.2) is 8.42 Å². The number of hydrogen-bond acceptors (Lipinski definition) is 4. The van der Waals surface area contributed by atoms with Crippen molar-refractivity contribution in [2.45, 2.75) is 18.7 Å². The molecule has 1 rings (SSSR count). The zero-order valence-electron chi connectivity index (χ0n) is 11.3. The Bertz CT molecular complexity index is 570. The first kappa shape index (κ1) is 15.5. The third-order valence-corrected chi connectivity index (χ3v) is 4.84. The minimum Gasteiger partial charge on any atom is -0.399 e. The number of rotatable bonds is 5. The van der Waals surface area contributed by atoms with Crippen molar-refractivity contribution in [3.8, 4) is 0 Å². The van der Waals surface area contributed by atoms with Crippen molar-refractivity contribution >= 4 is 21.6 Å². The molecule has 0 saturated carbocycles. The molecule has 0 aliphatic heterocycles. The molecule has 106 valence electrons. The van der Waals surface area contributed by atoms with Gasteiger partial charge in [0.25, 0.3) is 0 Å². The molecule has 1 aromatic rings. The first-order chi connectivity index (χ1) is 8.82. The molecular formula is C12H19N3O3S. The molecule has 0 spiro atoms. The van der Waals surface area contributed by atoms with Crippen LogP contribution in [0.1, 0.15) is 12.5 Å². The van der Waals surface area contributed by atoms with Crippen LogP contribution in [0, 0.1) is 6.92 Å². The second-order valence-electron chi connectivity index (χ2n) is 4.13. The quantitative estimate of drug-likeness (QED) is 0.763. The van der Waals surface area contributed by atoms with Crippen LogP contribution >= 0.6 is 0 Å². The van der Waals surface area contributed by atoms with Crippen molar-refractivity contribution in [3.05, 3.63) is 23.8 Å². The van der Waals surface area contributed by atoms with Gasteiger partial charge in [0.15, 0.2) is 0 Å². The molecule has 0 aliphatic carbocycles. The fourth-order valence-electron chi connectivity index (χ4n) is 1.64. The van der Waals surface area contributed by atoms with Crippen LogP contribution in [0.15, 0.2) is 23.1 Å². The van der Waals surface area contributed by atoms with Gasteiger partial charge in [0.05, 0.1) is 11.4 Å². The smallest absolute Gasteiger partial charge is 0.243 e. The van der Waals surface area contributed by atoms with Crippen molar-refractivity contribution < 1.29 is 13.2 Å². The largest absolute Gasteiger partial charge is 0.399 e. The van der Waals surface area contributed by atoms with Crippen LogP contribution in [0.25, 0.3) is 0 Å². The first-order valence-electron chi connectivity index (χ1n) is 5.89. The standard InChI is InChI=1S/C12H19N3O3S/c1-4-15(8-12(16)14-3)19(17,18)11-7-10(13)6-5-9(11)2/h5-7H,4,8,13H2,1-3H3,(H,14,16). The maximum Gasteiger partial charge on any atom is 0.243 e. The van der Waals surface area contributed by atoms with Crippen molar-refractivity contribution in [2.24, 2.45) is 0 Å². The van der Waals surface area contributed by atoms with E-state index in [4.69, 9.17) is 5.73 Å². The summed E-state index contributed by atoms with van der Waals surface area (Å²) in [6.45, 7) is 3.38. The summed E-state index contributed by atoms with van der Waals surface area (Å²) < 4.78 is 26.1. The van der Waals surface area contributed by atoms with Gasteiger partial charge >= 0.3 is 0 Å². The van der Waals surface area contributed by atoms with E-state index in [1.165, 1.54) is 13.1 Å². The number of carbonyl (C=O) groups is 1. The lowest BCUT2D eigenvalue weighted by Crippen LogP contribution is -2.39. The van der Waals surface area contributed by atoms with Crippen molar-refractivity contribution in [1.29, 1.82) is 0 Å². The lowest BCUT2D eigenvalue weighted by Gasteiger charge is -2.20. The van der Waals surface area contributed by atoms with Gasteiger partial charge < -0.3 is 11.1 Å². The summed E-state index contributed by atoms with van der Waals surface area (Å²) in [5.41, 5.74) is 6.61. The molecule has 0 heterocycles. The van der Waals surface area contributed by atoms with Crippen molar-refractivity contribution in [1.82, 2.24) is 9.62 Å². The van der Waals surface area contributed by atoms with Crippen LogP contribution in [-0.2, 0) is 14.8 Å². The Morgan fingerprint density at radius 3 is 2.58 bits per heavy atom. The highest BCUT2D eigenvalue weighted by Crippen LogP contribution is 2.22. The molecule has 6 nitrogen and oxygen atoms in total. The van der Waals surface area contributed by atoms with Crippen molar-refractivity contribution in [3.63, 3.8) is 0 Å². The van der Waals surface area contributed by atoms with Gasteiger partial charge in [-0.3, -0.25) is 4.79 Å². The number of likely N-dealkylation sites (N-methyl/N-ethyl adjacent to an activating group) is 2. The number of benzene rings is 1. The average Bonchev–Trinajstić information content (AvgIpc) is 2.37. The zero-order valence-corrected chi connectivity index (χ0v) is 12.1. The number of nitrogens with two attached hydrogens (primary N) is 1. The fourth-order valence-corrected chi connectivity index (χ4v) is 3.30. The number of nitrogen functional groups attached to an aromatic ring is 1. The molecule has 0 fully saturated rings. The molecule has 1 aromatic carbocycles. The predicted octanol–water partition coefficient (Wildman–Crippen LogP) is 0.334. The summed E-state index contributed by atoms with van der Waals surface area (Å²) in [5.74, 6) is -0.355. The molecule has 1 amide bonds. The Morgan fingerprint density at radius 2 is 2.05 bits per heavy atom. The van der Waals surface area contributed by atoms with Crippen LogP contribution in [0.2, 0.25) is 0 Å². The van der Waals surface area contributed by atoms with Gasteiger partial charge in [0.1, 0.15) is 0 Å². The van der Waals surface area contributed by atoms with Crippen LogP contribution in [0.5, 0.6) is 0 Å².